The van der Waals surface area contributed by atoms with Crippen LogP contribution in [-0.4, -0.2) is 4.98 Å². The Morgan fingerprint density at radius 3 is 0.982 bits per heavy atom. The first-order valence-electron chi connectivity index (χ1n) is 21.9. The molecule has 0 aliphatic heterocycles. The van der Waals surface area contributed by atoms with E-state index in [0.717, 1.165) is 11.4 Å². The van der Waals surface area contributed by atoms with Gasteiger partial charge in [-0.05, 0) is 147 Å². The largest absolute Gasteiger partial charge is 0.248 e. The van der Waals surface area contributed by atoms with Crippen molar-refractivity contribution in [3.05, 3.63) is 173 Å². The van der Waals surface area contributed by atoms with E-state index in [2.05, 4.69) is 140 Å². The van der Waals surface area contributed by atoms with E-state index in [0.29, 0.717) is 0 Å². The Bertz CT molecular complexity index is 2500. The fourth-order valence-corrected chi connectivity index (χ4v) is 13.4. The van der Waals surface area contributed by atoms with E-state index in [1.807, 2.05) is 0 Å². The van der Waals surface area contributed by atoms with Crippen molar-refractivity contribution in [2.75, 3.05) is 0 Å². The van der Waals surface area contributed by atoms with Crippen molar-refractivity contribution < 1.29 is 0 Å². The molecule has 7 aromatic rings. The zero-order valence-electron chi connectivity index (χ0n) is 32.7. The quantitative estimate of drug-likeness (QED) is 0.176. The molecule has 13 rings (SSSR count). The van der Waals surface area contributed by atoms with Gasteiger partial charge in [0, 0.05) is 27.4 Å². The van der Waals surface area contributed by atoms with E-state index in [1.54, 1.807) is 5.56 Å². The molecule has 1 heteroatoms. The van der Waals surface area contributed by atoms with Gasteiger partial charge in [0.2, 0.25) is 0 Å². The first-order valence-corrected chi connectivity index (χ1v) is 21.9. The Labute approximate surface area is 336 Å². The lowest BCUT2D eigenvalue weighted by Gasteiger charge is -2.27. The van der Waals surface area contributed by atoms with Gasteiger partial charge >= 0.3 is 0 Å². The molecule has 6 aliphatic rings. The molecule has 6 aliphatic carbocycles. The summed E-state index contributed by atoms with van der Waals surface area (Å²) in [5, 5.41) is 0. The SMILES string of the molecule is c1ccc2c(c1)-c1ccc(-c3cc(-c4ccc5c(c4)C4(CCCC4)c4ccccc4-5)nc(-c4ccc5c(c4)C4(CCCC4)c4ccccc4-5)c3)cc1C21CCCC1. The van der Waals surface area contributed by atoms with Crippen LogP contribution in [0.25, 0.3) is 67.0 Å². The maximum Gasteiger partial charge on any atom is 0.0715 e. The average molecular weight is 734 g/mol. The molecule has 57 heavy (non-hydrogen) atoms. The van der Waals surface area contributed by atoms with E-state index >= 15 is 0 Å². The van der Waals surface area contributed by atoms with Gasteiger partial charge in [0.25, 0.3) is 0 Å². The Balaban J connectivity index is 1.01. The van der Waals surface area contributed by atoms with Crippen LogP contribution in [0.15, 0.2) is 140 Å². The van der Waals surface area contributed by atoms with E-state index in [-0.39, 0.29) is 16.2 Å². The smallest absolute Gasteiger partial charge is 0.0715 e. The molecule has 0 amide bonds. The minimum absolute atomic E-state index is 0.123. The third kappa shape index (κ3) is 4.33. The van der Waals surface area contributed by atoms with Crippen molar-refractivity contribution >= 4 is 0 Å². The maximum atomic E-state index is 5.65. The molecule has 0 atom stereocenters. The second kappa shape index (κ2) is 11.8. The van der Waals surface area contributed by atoms with Crippen LogP contribution in [0.5, 0.6) is 0 Å². The Kier molecular flexibility index (Phi) is 6.72. The normalized spacial score (nSPS) is 19.2. The van der Waals surface area contributed by atoms with Gasteiger partial charge in [-0.2, -0.15) is 0 Å². The average Bonchev–Trinajstić information content (AvgIpc) is 4.15. The zero-order valence-corrected chi connectivity index (χ0v) is 32.7. The molecule has 3 spiro atoms. The van der Waals surface area contributed by atoms with Crippen LogP contribution in [-0.2, 0) is 16.2 Å². The van der Waals surface area contributed by atoms with Gasteiger partial charge in [0.1, 0.15) is 0 Å². The van der Waals surface area contributed by atoms with E-state index in [9.17, 15) is 0 Å². The first-order chi connectivity index (χ1) is 28.2. The van der Waals surface area contributed by atoms with Crippen molar-refractivity contribution in [2.45, 2.75) is 93.3 Å². The lowest BCUT2D eigenvalue weighted by atomic mass is 9.76. The summed E-state index contributed by atoms with van der Waals surface area (Å²) in [5.41, 5.74) is 25.4. The lowest BCUT2D eigenvalue weighted by Crippen LogP contribution is -2.20. The topological polar surface area (TPSA) is 12.9 Å². The summed E-state index contributed by atoms with van der Waals surface area (Å²) in [6.07, 6.45) is 15.2. The maximum absolute atomic E-state index is 5.65. The van der Waals surface area contributed by atoms with Gasteiger partial charge in [0.15, 0.2) is 0 Å². The monoisotopic (exact) mass is 733 g/mol. The van der Waals surface area contributed by atoms with Gasteiger partial charge < -0.3 is 0 Å². The molecule has 0 radical (unpaired) electrons. The number of hydrogen-bond acceptors (Lipinski definition) is 1. The van der Waals surface area contributed by atoms with Crippen LogP contribution in [0.1, 0.15) is 110 Å². The summed E-state index contributed by atoms with van der Waals surface area (Å²) >= 11 is 0. The first kappa shape index (κ1) is 32.5. The highest BCUT2D eigenvalue weighted by molar-refractivity contribution is 5.89. The minimum Gasteiger partial charge on any atom is -0.248 e. The van der Waals surface area contributed by atoms with Crippen LogP contribution in [0.3, 0.4) is 0 Å². The van der Waals surface area contributed by atoms with Crippen molar-refractivity contribution in [3.63, 3.8) is 0 Å². The second-order valence-corrected chi connectivity index (χ2v) is 18.4. The predicted octanol–water partition coefficient (Wildman–Crippen LogP) is 14.6. The standard InChI is InChI=1S/C56H47N/c1-4-16-46-40(13-1)43-22-19-36(31-49(43)54(46)25-7-8-26-54)39-34-52(37-20-23-44-41-14-2-5-17-47(41)55(50(44)32-37)27-9-10-28-55)57-53(35-39)38-21-24-45-42-15-3-6-18-48(42)56(51(45)33-38)29-11-12-30-56/h1-6,13-24,31-35H,7-12,25-30H2. The van der Waals surface area contributed by atoms with E-state index in [4.69, 9.17) is 4.98 Å². The van der Waals surface area contributed by atoms with Crippen LogP contribution in [0, 0.1) is 0 Å². The van der Waals surface area contributed by atoms with Gasteiger partial charge in [-0.1, -0.05) is 148 Å². The molecule has 1 nitrogen and oxygen atoms in total. The summed E-state index contributed by atoms with van der Waals surface area (Å²) in [7, 11) is 0. The van der Waals surface area contributed by atoms with Gasteiger partial charge in [0.05, 0.1) is 11.4 Å². The van der Waals surface area contributed by atoms with Gasteiger partial charge in [-0.25, -0.2) is 4.98 Å². The summed E-state index contributed by atoms with van der Waals surface area (Å²) in [4.78, 5) is 5.65. The van der Waals surface area contributed by atoms with Crippen LogP contribution >= 0.6 is 0 Å². The third-order valence-electron chi connectivity index (χ3n) is 15.9. The number of fused-ring (bicyclic) bond motifs is 15. The third-order valence-corrected chi connectivity index (χ3v) is 15.9. The molecule has 0 saturated heterocycles. The highest BCUT2D eigenvalue weighted by atomic mass is 14.7. The number of hydrogen-bond donors (Lipinski definition) is 0. The fraction of sp³-hybridized carbons (Fsp3) is 0.268. The summed E-state index contributed by atoms with van der Waals surface area (Å²) in [6, 6.07) is 54.5. The second-order valence-electron chi connectivity index (χ2n) is 18.4. The highest BCUT2D eigenvalue weighted by Crippen LogP contribution is 2.60. The van der Waals surface area contributed by atoms with Crippen molar-refractivity contribution in [3.8, 4) is 67.0 Å². The Morgan fingerprint density at radius 2 is 0.596 bits per heavy atom. The number of aromatic nitrogens is 1. The molecule has 1 aromatic heterocycles. The summed E-state index contributed by atoms with van der Waals surface area (Å²) in [6.45, 7) is 0. The Hall–Kier alpha value is -5.53. The highest BCUT2D eigenvalue weighted by Gasteiger charge is 2.47. The molecule has 0 unspecified atom stereocenters. The molecule has 276 valence electrons. The van der Waals surface area contributed by atoms with Gasteiger partial charge in [-0.3, -0.25) is 0 Å². The predicted molar refractivity (Wildman–Crippen MR) is 235 cm³/mol. The molecule has 3 saturated carbocycles. The molecular formula is C56H47N. The number of nitrogens with zero attached hydrogens (tertiary/aromatic N) is 1. The zero-order chi connectivity index (χ0) is 37.3. The van der Waals surface area contributed by atoms with E-state index < -0.39 is 0 Å². The van der Waals surface area contributed by atoms with Crippen molar-refractivity contribution in [2.24, 2.45) is 0 Å². The van der Waals surface area contributed by atoms with Crippen LogP contribution < -0.4 is 0 Å². The molecule has 3 fully saturated rings. The van der Waals surface area contributed by atoms with Crippen molar-refractivity contribution in [1.29, 1.82) is 0 Å². The van der Waals surface area contributed by atoms with Gasteiger partial charge in [-0.15, -0.1) is 0 Å². The minimum atomic E-state index is 0.123. The number of rotatable bonds is 3. The molecule has 1 heterocycles. The summed E-state index contributed by atoms with van der Waals surface area (Å²) in [5.74, 6) is 0. The molecule has 0 N–H and O–H groups in total. The van der Waals surface area contributed by atoms with Crippen LogP contribution in [0.2, 0.25) is 0 Å². The number of benzene rings is 6. The Morgan fingerprint density at radius 1 is 0.281 bits per heavy atom. The number of pyridine rings is 1. The molecule has 6 aromatic carbocycles. The van der Waals surface area contributed by atoms with Crippen molar-refractivity contribution in [1.82, 2.24) is 4.98 Å². The van der Waals surface area contributed by atoms with E-state index in [1.165, 1.54) is 161 Å². The molecular weight excluding hydrogens is 687 g/mol. The molecule has 0 bridgehead atoms. The van der Waals surface area contributed by atoms with Crippen LogP contribution in [0.4, 0.5) is 0 Å². The summed E-state index contributed by atoms with van der Waals surface area (Å²) < 4.78 is 0. The lowest BCUT2D eigenvalue weighted by molar-refractivity contribution is 0.550. The fourth-order valence-electron chi connectivity index (χ4n) is 13.4.